The number of aliphatic hydroxyl groups is 3. The molecule has 1 saturated heterocycles. The number of aliphatic carboxylic acids is 1. The number of aliphatic hydroxyl groups excluding tert-OH is 3. The Morgan fingerprint density at radius 3 is 2.21 bits per heavy atom. The molecule has 4 bridgehead atoms. The van der Waals surface area contributed by atoms with Gasteiger partial charge in [-0.05, 0) is 104 Å². The SMILES string of the molecule is CNC(=O)Cc1ccc(-c2ccn(CC34CC5(C)CC(C)(C3)CC(OCC[N-]C(=O)OC/C=C/c3ccc(OC6O[C@H](C(=O)O)[C@@H](O)[C@H](O)[C@H]6O)c(CC(=O)CCCC(=O)CCN6C(=O)C=CC6=O)c3)(C5)C4)c2C)c(C(=O)O)n1.[CH3-].[Y]. The number of ether oxygens (including phenoxy) is 4. The molecular formula is C58H71N5O17Y-2. The maximum atomic E-state index is 13.3. The van der Waals surface area contributed by atoms with E-state index < -0.39 is 66.2 Å². The van der Waals surface area contributed by atoms with Crippen LogP contribution in [0, 0.1) is 30.6 Å². The van der Waals surface area contributed by atoms with Gasteiger partial charge in [0.1, 0.15) is 42.2 Å². The Kier molecular flexibility index (Phi) is 21.0. The average Bonchev–Trinajstić information content (AvgIpc) is 3.16. The van der Waals surface area contributed by atoms with Crippen LogP contribution in [-0.4, -0.2) is 157 Å². The summed E-state index contributed by atoms with van der Waals surface area (Å²) in [7, 11) is 1.51. The molecular weight excluding hydrogens is 1130 g/mol. The number of aromatic nitrogens is 2. The fraction of sp³-hybridized carbons (Fsp3) is 0.517. The van der Waals surface area contributed by atoms with Crippen molar-refractivity contribution in [3.63, 3.8) is 0 Å². The molecule has 4 aliphatic carbocycles. The quantitative estimate of drug-likeness (QED) is 0.0365. The number of rotatable bonds is 25. The number of carboxylic acid groups (broad SMARTS) is 2. The number of hydrogen-bond donors (Lipinski definition) is 6. The molecule has 1 aromatic carbocycles. The number of carbonyl (C=O) groups is 8. The fourth-order valence-electron chi connectivity index (χ4n) is 13.5. The molecule has 81 heavy (non-hydrogen) atoms. The third-order valence-electron chi connectivity index (χ3n) is 15.8. The summed E-state index contributed by atoms with van der Waals surface area (Å²) in [5.41, 5.74) is 2.70. The van der Waals surface area contributed by atoms with E-state index >= 15 is 0 Å². The third-order valence-corrected chi connectivity index (χ3v) is 15.8. The normalized spacial score (nSPS) is 27.1. The van der Waals surface area contributed by atoms with Crippen LogP contribution in [0.3, 0.4) is 0 Å². The zero-order chi connectivity index (χ0) is 57.0. The first kappa shape index (κ1) is 64.2. The number of benzene rings is 1. The molecule has 4 amide bonds. The summed E-state index contributed by atoms with van der Waals surface area (Å²) >= 11 is 0. The summed E-state index contributed by atoms with van der Waals surface area (Å²) < 4.78 is 25.5. The topological polar surface area (TPSA) is 322 Å². The van der Waals surface area contributed by atoms with Crippen LogP contribution in [0.1, 0.15) is 111 Å². The third kappa shape index (κ3) is 15.2. The molecule has 22 nitrogen and oxygen atoms in total. The van der Waals surface area contributed by atoms with Gasteiger partial charge in [-0.3, -0.25) is 33.7 Å². The van der Waals surface area contributed by atoms with Crippen LogP contribution in [0.2, 0.25) is 0 Å². The van der Waals surface area contributed by atoms with Crippen molar-refractivity contribution >= 4 is 53.4 Å². The summed E-state index contributed by atoms with van der Waals surface area (Å²) in [6.07, 6.45) is 2.63. The monoisotopic (exact) mass is 1200 g/mol. The molecule has 1 radical (unpaired) electrons. The number of aromatic carboxylic acids is 1. The van der Waals surface area contributed by atoms with E-state index in [9.17, 15) is 63.9 Å². The molecule has 7 atom stereocenters. The van der Waals surface area contributed by atoms with E-state index in [2.05, 4.69) is 34.0 Å². The minimum atomic E-state index is -1.96. The Morgan fingerprint density at radius 2 is 1.54 bits per heavy atom. The van der Waals surface area contributed by atoms with Gasteiger partial charge in [-0.15, -0.1) is 6.54 Å². The molecule has 5 fully saturated rings. The number of likely N-dealkylation sites (N-methyl/N-ethyl adjacent to an activating group) is 1. The predicted octanol–water partition coefficient (Wildman–Crippen LogP) is 5.09. The minimum Gasteiger partial charge on any atom is -0.615 e. The number of hydrogen-bond acceptors (Lipinski definition) is 16. The standard InChI is InChI=1S/C57H69N5O17.CH3.Y/c1-33-39(40-12-11-36(25-42(65)58-4)60-45(40)50(71)72)17-19-61(33)32-56-27-54(2)26-55(3,28-56)30-57(29-54,31-56)77-22-18-59-53(75)76-21-6-7-34-10-13-41(78-52-48(70)46(68)47(69)49(79-52)51(73)74)35(23-34)24-38(64)9-5-8-37(63)16-20-62-43(66)14-15-44(62)67;;/h6-7,10-15,17,19,23,46-49,52,68-70H,5,8-9,16,18,20-22,24-32H2,1-4H3,(H4,58,59,65,71,72,73,74,75);1H3;/q;-1;/p-1/b7-6+;;/t46-,47-,48+,49-,52?,54?,55?,56?,57?;;/m0../s1. The van der Waals surface area contributed by atoms with Crippen LogP contribution in [0.25, 0.3) is 22.5 Å². The Balaban J connectivity index is 0.00000528. The molecule has 4 saturated carbocycles. The van der Waals surface area contributed by atoms with Crippen molar-refractivity contribution in [2.24, 2.45) is 16.2 Å². The number of pyridine rings is 1. The predicted molar refractivity (Wildman–Crippen MR) is 287 cm³/mol. The summed E-state index contributed by atoms with van der Waals surface area (Å²) in [4.78, 5) is 104. The van der Waals surface area contributed by atoms with Crippen molar-refractivity contribution in [2.45, 2.75) is 141 Å². The Bertz CT molecular complexity index is 2920. The van der Waals surface area contributed by atoms with E-state index in [4.69, 9.17) is 18.9 Å². The van der Waals surface area contributed by atoms with Crippen LogP contribution >= 0.6 is 0 Å². The van der Waals surface area contributed by atoms with Gasteiger partial charge in [0.15, 0.2) is 11.8 Å². The van der Waals surface area contributed by atoms with Gasteiger partial charge in [-0.1, -0.05) is 32.1 Å². The first-order valence-corrected chi connectivity index (χ1v) is 26.5. The number of Topliss-reactive ketones (excluding diaryl/α,β-unsaturated/α-hetero) is 2. The maximum absolute atomic E-state index is 13.3. The van der Waals surface area contributed by atoms with Crippen molar-refractivity contribution in [3.8, 4) is 16.9 Å². The maximum Gasteiger partial charge on any atom is 0.355 e. The summed E-state index contributed by atoms with van der Waals surface area (Å²) in [6.45, 7) is 7.40. The second kappa shape index (κ2) is 26.5. The molecule has 6 aliphatic rings. The van der Waals surface area contributed by atoms with E-state index in [1.165, 1.54) is 13.1 Å². The first-order valence-electron chi connectivity index (χ1n) is 26.5. The van der Waals surface area contributed by atoms with Gasteiger partial charge in [0, 0.05) is 126 Å². The van der Waals surface area contributed by atoms with E-state index in [1.54, 1.807) is 36.4 Å². The second-order valence-electron chi connectivity index (χ2n) is 22.6. The molecule has 2 aliphatic heterocycles. The smallest absolute Gasteiger partial charge is 0.355 e. The summed E-state index contributed by atoms with van der Waals surface area (Å²) in [6, 6.07) is 9.91. The Hall–Kier alpha value is -6.01. The molecule has 9 rings (SSSR count). The molecule has 0 spiro atoms. The molecule has 435 valence electrons. The largest absolute Gasteiger partial charge is 0.615 e. The van der Waals surface area contributed by atoms with Gasteiger partial charge < -0.3 is 67.1 Å². The second-order valence-corrected chi connectivity index (χ2v) is 22.6. The van der Waals surface area contributed by atoms with E-state index in [0.717, 1.165) is 66.8 Å². The minimum absolute atomic E-state index is 0. The molecule has 3 unspecified atom stereocenters. The Morgan fingerprint density at radius 1 is 0.852 bits per heavy atom. The molecule has 3 aromatic rings. The molecule has 2 aromatic heterocycles. The molecule has 4 heterocycles. The fourth-order valence-corrected chi connectivity index (χ4v) is 13.5. The van der Waals surface area contributed by atoms with Gasteiger partial charge in [-0.25, -0.2) is 14.6 Å². The average molecular weight is 1200 g/mol. The molecule has 23 heteroatoms. The number of imide groups is 1. The van der Waals surface area contributed by atoms with Crippen LogP contribution in [-0.2, 0) is 95.1 Å². The van der Waals surface area contributed by atoms with Crippen LogP contribution in [0.15, 0.2) is 60.8 Å². The van der Waals surface area contributed by atoms with Crippen molar-refractivity contribution in [3.05, 3.63) is 102 Å². The number of nitrogens with zero attached hydrogens (tertiary/aromatic N) is 4. The van der Waals surface area contributed by atoms with Crippen molar-refractivity contribution < 1.29 is 116 Å². The van der Waals surface area contributed by atoms with Crippen LogP contribution in [0.4, 0.5) is 4.79 Å². The van der Waals surface area contributed by atoms with Crippen molar-refractivity contribution in [2.75, 3.05) is 33.4 Å². The van der Waals surface area contributed by atoms with Gasteiger partial charge in [0.05, 0.1) is 17.7 Å². The van der Waals surface area contributed by atoms with Gasteiger partial charge >= 0.3 is 11.9 Å². The first-order chi connectivity index (χ1) is 37.4. The number of carboxylic acids is 2. The van der Waals surface area contributed by atoms with Crippen molar-refractivity contribution in [1.82, 2.24) is 19.8 Å². The van der Waals surface area contributed by atoms with Gasteiger partial charge in [0.25, 0.3) is 11.8 Å². The van der Waals surface area contributed by atoms with Gasteiger partial charge in [-0.2, -0.15) is 0 Å². The van der Waals surface area contributed by atoms with Crippen LogP contribution in [0.5, 0.6) is 5.75 Å². The summed E-state index contributed by atoms with van der Waals surface area (Å²) in [5, 5.41) is 57.5. The Labute approximate surface area is 494 Å². The number of carbonyl (C=O) groups excluding carboxylic acids is 6. The number of ketones is 2. The number of amides is 4. The van der Waals surface area contributed by atoms with Crippen LogP contribution < -0.4 is 10.1 Å². The summed E-state index contributed by atoms with van der Waals surface area (Å²) in [5.74, 6) is -4.63. The molecule has 6 N–H and O–H groups in total. The van der Waals surface area contributed by atoms with Crippen molar-refractivity contribution in [1.29, 1.82) is 0 Å². The zero-order valence-corrected chi connectivity index (χ0v) is 49.1. The number of nitrogens with one attached hydrogen (secondary N) is 1. The van der Waals surface area contributed by atoms with E-state index in [1.807, 2.05) is 19.2 Å². The van der Waals surface area contributed by atoms with Gasteiger partial charge in [0.2, 0.25) is 18.3 Å². The van der Waals surface area contributed by atoms with E-state index in [-0.39, 0.29) is 156 Å². The van der Waals surface area contributed by atoms with E-state index in [0.29, 0.717) is 23.4 Å². The zero-order valence-electron chi connectivity index (χ0n) is 46.3.